The number of amides is 3. The highest BCUT2D eigenvalue weighted by Gasteiger charge is 2.67. The quantitative estimate of drug-likeness (QED) is 0.138. The van der Waals surface area contributed by atoms with Gasteiger partial charge in [-0.3, -0.25) is 14.4 Å². The van der Waals surface area contributed by atoms with Gasteiger partial charge in [0.2, 0.25) is 17.7 Å². The average molecular weight is 731 g/mol. The molecule has 2 saturated carbocycles. The first-order valence-electron chi connectivity index (χ1n) is 13.4. The summed E-state index contributed by atoms with van der Waals surface area (Å²) in [6.45, 7) is 4.17. The molecule has 4 rings (SSSR count). The Morgan fingerprint density at radius 2 is 1.64 bits per heavy atom. The van der Waals surface area contributed by atoms with Crippen LogP contribution in [0, 0.1) is 17.7 Å². The van der Waals surface area contributed by atoms with Crippen LogP contribution < -0.4 is 16.0 Å². The number of nitrogens with one attached hydrogen (secondary N) is 3. The van der Waals surface area contributed by atoms with Gasteiger partial charge in [-0.15, -0.1) is 23.2 Å². The SMILES string of the molecule is C=C(F)/C(NC(=O)C1CC(F)(F)C1)=C(F)\C(=C/C)NC(=O)c1cc(NC(=O)[C@H]2[C@H](c3ccc(F)c(C(F)(F)F)c3)C2(Cl)Cl)ccc1Cl. The normalized spacial score (nSPS) is 20.8. The Morgan fingerprint density at radius 3 is 2.19 bits per heavy atom. The third-order valence-corrected chi connectivity index (χ3v) is 8.71. The fraction of sp³-hybridized carbons (Fsp3) is 0.300. The lowest BCUT2D eigenvalue weighted by atomic mass is 9.80. The predicted molar refractivity (Wildman–Crippen MR) is 158 cm³/mol. The van der Waals surface area contributed by atoms with Crippen LogP contribution in [0.3, 0.4) is 0 Å². The summed E-state index contributed by atoms with van der Waals surface area (Å²) in [5, 5.41) is 6.21. The molecule has 0 aliphatic heterocycles. The first-order chi connectivity index (χ1) is 21.7. The summed E-state index contributed by atoms with van der Waals surface area (Å²) in [4.78, 5) is 38.3. The van der Waals surface area contributed by atoms with Gasteiger partial charge >= 0.3 is 6.18 Å². The summed E-state index contributed by atoms with van der Waals surface area (Å²) < 4.78 is 107. The number of carbonyl (C=O) groups excluding carboxylic acids is 3. The molecule has 2 aliphatic rings. The second-order valence-corrected chi connectivity index (χ2v) is 12.6. The van der Waals surface area contributed by atoms with E-state index < -0.39 is 99.2 Å². The van der Waals surface area contributed by atoms with E-state index in [-0.39, 0.29) is 21.8 Å². The van der Waals surface area contributed by atoms with Crippen molar-refractivity contribution >= 4 is 58.2 Å². The minimum absolute atomic E-state index is 0.0742. The Labute approximate surface area is 276 Å². The van der Waals surface area contributed by atoms with Crippen molar-refractivity contribution in [1.82, 2.24) is 10.6 Å². The second kappa shape index (κ2) is 13.1. The van der Waals surface area contributed by atoms with E-state index in [4.69, 9.17) is 34.8 Å². The van der Waals surface area contributed by atoms with Crippen LogP contribution in [-0.2, 0) is 15.8 Å². The molecule has 0 unspecified atom stereocenters. The molecule has 0 radical (unpaired) electrons. The van der Waals surface area contributed by atoms with E-state index in [1.54, 1.807) is 0 Å². The highest BCUT2D eigenvalue weighted by molar-refractivity contribution is 6.53. The molecule has 2 aromatic rings. The van der Waals surface area contributed by atoms with Crippen molar-refractivity contribution in [3.8, 4) is 0 Å². The summed E-state index contributed by atoms with van der Waals surface area (Å²) in [7, 11) is 0. The molecular formula is C30H22Cl3F8N3O3. The summed E-state index contributed by atoms with van der Waals surface area (Å²) in [5.74, 6) is -14.3. The molecule has 6 nitrogen and oxygen atoms in total. The van der Waals surface area contributed by atoms with Gasteiger partial charge in [0.25, 0.3) is 5.91 Å². The summed E-state index contributed by atoms with van der Waals surface area (Å²) in [6, 6.07) is 5.57. The molecule has 0 spiro atoms. The second-order valence-electron chi connectivity index (χ2n) is 10.8. The van der Waals surface area contributed by atoms with Gasteiger partial charge in [-0.05, 0) is 42.8 Å². The fourth-order valence-corrected chi connectivity index (χ4v) is 5.94. The third kappa shape index (κ3) is 7.76. The van der Waals surface area contributed by atoms with Crippen molar-refractivity contribution in [1.29, 1.82) is 0 Å². The topological polar surface area (TPSA) is 87.3 Å². The van der Waals surface area contributed by atoms with E-state index in [0.717, 1.165) is 18.2 Å². The lowest BCUT2D eigenvalue weighted by molar-refractivity contribution is -0.149. The molecule has 2 aromatic carbocycles. The molecule has 0 saturated heterocycles. The number of hydrogen-bond donors (Lipinski definition) is 3. The number of anilines is 1. The van der Waals surface area contributed by atoms with Gasteiger partial charge in [0.05, 0.1) is 27.8 Å². The Hall–Kier alpha value is -3.62. The number of carbonyl (C=O) groups is 3. The Kier molecular flexibility index (Phi) is 10.1. The highest BCUT2D eigenvalue weighted by Crippen LogP contribution is 2.65. The molecule has 2 fully saturated rings. The van der Waals surface area contributed by atoms with Crippen LogP contribution in [0.25, 0.3) is 0 Å². The monoisotopic (exact) mass is 729 g/mol. The van der Waals surface area contributed by atoms with Crippen molar-refractivity contribution in [2.45, 2.75) is 42.1 Å². The number of rotatable bonds is 9. The lowest BCUT2D eigenvalue weighted by Crippen LogP contribution is -2.45. The van der Waals surface area contributed by atoms with Gasteiger partial charge in [0.15, 0.2) is 5.83 Å². The fourth-order valence-electron chi connectivity index (χ4n) is 4.91. The van der Waals surface area contributed by atoms with Crippen LogP contribution in [0.15, 0.2) is 72.1 Å². The van der Waals surface area contributed by atoms with E-state index in [9.17, 15) is 45.1 Å². The van der Waals surface area contributed by atoms with E-state index in [0.29, 0.717) is 12.1 Å². The Morgan fingerprint density at radius 1 is 1.00 bits per heavy atom. The van der Waals surface area contributed by atoms with Crippen LogP contribution in [0.1, 0.15) is 47.2 Å². The molecule has 2 atom stereocenters. The largest absolute Gasteiger partial charge is 0.419 e. The number of halogens is 11. The summed E-state index contributed by atoms with van der Waals surface area (Å²) in [5.41, 5.74) is -3.90. The van der Waals surface area contributed by atoms with E-state index in [1.807, 2.05) is 5.32 Å². The van der Waals surface area contributed by atoms with E-state index >= 15 is 4.39 Å². The van der Waals surface area contributed by atoms with Crippen molar-refractivity contribution in [3.05, 3.63) is 99.6 Å². The first kappa shape index (κ1) is 36.2. The summed E-state index contributed by atoms with van der Waals surface area (Å²) in [6.07, 6.45) is -5.65. The first-order valence-corrected chi connectivity index (χ1v) is 14.6. The van der Waals surface area contributed by atoms with Gasteiger partial charge in [-0.2, -0.15) is 13.2 Å². The number of hydrogen-bond acceptors (Lipinski definition) is 3. The highest BCUT2D eigenvalue weighted by atomic mass is 35.5. The Bertz CT molecular complexity index is 1720. The minimum atomic E-state index is -5.02. The molecule has 2 aliphatic carbocycles. The van der Waals surface area contributed by atoms with Gasteiger partial charge in [0.1, 0.15) is 21.7 Å². The Balaban J connectivity index is 1.50. The van der Waals surface area contributed by atoms with Gasteiger partial charge in [0, 0.05) is 30.4 Å². The van der Waals surface area contributed by atoms with E-state index in [2.05, 4.69) is 17.2 Å². The molecular weight excluding hydrogens is 709 g/mol. The average Bonchev–Trinajstić information content (AvgIpc) is 3.54. The zero-order chi connectivity index (χ0) is 35.2. The molecule has 3 N–H and O–H groups in total. The zero-order valence-electron chi connectivity index (χ0n) is 23.8. The standard InChI is InChI=1S/C30H22Cl3F8N3O3/c1-3-20(23(36)24(12(2)34)44-25(45)14-10-28(37,38)11-14)43-26(46)16-9-15(5-6-18(16)31)42-27(47)22-21(29(22,32)33)13-4-7-19(35)17(8-13)30(39,40)41/h3-9,14,21-22H,2,10-11H2,1H3,(H,42,47)(H,43,46)(H,44,45)/b20-3+,24-23-/t21-,22+/m0/s1. The van der Waals surface area contributed by atoms with Crippen LogP contribution in [0.4, 0.5) is 40.8 Å². The molecule has 252 valence electrons. The van der Waals surface area contributed by atoms with Crippen molar-refractivity contribution < 1.29 is 49.5 Å². The molecule has 0 aromatic heterocycles. The smallest absolute Gasteiger partial charge is 0.326 e. The molecule has 47 heavy (non-hydrogen) atoms. The minimum Gasteiger partial charge on any atom is -0.326 e. The predicted octanol–water partition coefficient (Wildman–Crippen LogP) is 8.48. The van der Waals surface area contributed by atoms with Crippen LogP contribution in [0.5, 0.6) is 0 Å². The summed E-state index contributed by atoms with van der Waals surface area (Å²) >= 11 is 18.6. The maximum Gasteiger partial charge on any atom is 0.419 e. The van der Waals surface area contributed by atoms with Crippen molar-refractivity contribution in [2.75, 3.05) is 5.32 Å². The van der Waals surface area contributed by atoms with Gasteiger partial charge in [-0.25, -0.2) is 22.0 Å². The van der Waals surface area contributed by atoms with Crippen molar-refractivity contribution in [3.63, 3.8) is 0 Å². The van der Waals surface area contributed by atoms with Gasteiger partial charge in [-0.1, -0.05) is 30.3 Å². The molecule has 17 heteroatoms. The number of allylic oxidation sites excluding steroid dienone is 3. The number of alkyl halides is 7. The van der Waals surface area contributed by atoms with Crippen LogP contribution in [-0.4, -0.2) is 28.0 Å². The molecule has 3 amide bonds. The zero-order valence-corrected chi connectivity index (χ0v) is 26.0. The van der Waals surface area contributed by atoms with Crippen LogP contribution >= 0.6 is 34.8 Å². The third-order valence-electron chi connectivity index (χ3n) is 7.44. The maximum atomic E-state index is 15.3. The van der Waals surface area contributed by atoms with Gasteiger partial charge < -0.3 is 16.0 Å². The number of benzene rings is 2. The van der Waals surface area contributed by atoms with Crippen molar-refractivity contribution in [2.24, 2.45) is 11.8 Å². The molecule has 0 bridgehead atoms. The lowest BCUT2D eigenvalue weighted by Gasteiger charge is -2.33. The van der Waals surface area contributed by atoms with E-state index in [1.165, 1.54) is 19.1 Å². The maximum absolute atomic E-state index is 15.3. The molecule has 0 heterocycles. The van der Waals surface area contributed by atoms with Crippen LogP contribution in [0.2, 0.25) is 5.02 Å².